The summed E-state index contributed by atoms with van der Waals surface area (Å²) in [6.07, 6.45) is 3.64. The van der Waals surface area contributed by atoms with Gasteiger partial charge in [0.1, 0.15) is 0 Å². The first-order valence-corrected chi connectivity index (χ1v) is 9.35. The number of rotatable bonds is 4. The Balaban J connectivity index is 1.52. The number of nitro groups is 1. The number of aromatic nitrogens is 2. The fourth-order valence-corrected chi connectivity index (χ4v) is 3.72. The molecule has 0 radical (unpaired) electrons. The molecule has 2 aliphatic heterocycles. The van der Waals surface area contributed by atoms with Crippen molar-refractivity contribution in [3.05, 3.63) is 61.3 Å². The Kier molecular flexibility index (Phi) is 4.91. The van der Waals surface area contributed by atoms with Crippen LogP contribution in [0.5, 0.6) is 5.75 Å². The van der Waals surface area contributed by atoms with Crippen LogP contribution in [0.4, 0.5) is 5.69 Å². The number of phenols is 1. The summed E-state index contributed by atoms with van der Waals surface area (Å²) in [6.45, 7) is 2.43. The maximum Gasteiger partial charge on any atom is 0.310 e. The van der Waals surface area contributed by atoms with Gasteiger partial charge in [0.05, 0.1) is 21.9 Å². The van der Waals surface area contributed by atoms with Crippen LogP contribution in [0.15, 0.2) is 28.0 Å². The number of H-pyrrole nitrogens is 1. The van der Waals surface area contributed by atoms with Gasteiger partial charge in [0, 0.05) is 38.7 Å². The normalized spacial score (nSPS) is 17.1. The van der Waals surface area contributed by atoms with Crippen molar-refractivity contribution in [3.8, 4) is 5.75 Å². The minimum atomic E-state index is -0.615. The molecule has 0 amide bonds. The standard InChI is InChI=1S/C19H21N5O4/c25-17-9-12(4-5-16(17)24(27)28)10-23-8-6-14-13(11-23)19(26)22-18(21-14)15-3-1-2-7-20-15/h4-5,9,25H,1-3,6-8,10-11H2,(H,21,22,26). The quantitative estimate of drug-likeness (QED) is 0.614. The van der Waals surface area contributed by atoms with Gasteiger partial charge in [-0.15, -0.1) is 0 Å². The molecule has 2 aliphatic rings. The summed E-state index contributed by atoms with van der Waals surface area (Å²) in [6, 6.07) is 4.33. The molecule has 1 aromatic carbocycles. The molecule has 0 atom stereocenters. The van der Waals surface area contributed by atoms with Crippen LogP contribution in [0, 0.1) is 10.1 Å². The van der Waals surface area contributed by atoms with Gasteiger partial charge in [-0.3, -0.25) is 24.8 Å². The predicted molar refractivity (Wildman–Crippen MR) is 103 cm³/mol. The van der Waals surface area contributed by atoms with Gasteiger partial charge in [-0.1, -0.05) is 6.07 Å². The molecule has 0 bridgehead atoms. The molecular formula is C19H21N5O4. The molecule has 4 rings (SSSR count). The molecule has 146 valence electrons. The maximum atomic E-state index is 12.6. The van der Waals surface area contributed by atoms with Crippen molar-refractivity contribution in [2.45, 2.75) is 38.8 Å². The second kappa shape index (κ2) is 7.51. The number of hydrogen-bond acceptors (Lipinski definition) is 7. The summed E-state index contributed by atoms with van der Waals surface area (Å²) in [5, 5.41) is 20.6. The molecule has 0 unspecified atom stereocenters. The highest BCUT2D eigenvalue weighted by Crippen LogP contribution is 2.27. The van der Waals surface area contributed by atoms with E-state index in [9.17, 15) is 20.0 Å². The lowest BCUT2D eigenvalue weighted by atomic mass is 10.0. The molecule has 0 aliphatic carbocycles. The van der Waals surface area contributed by atoms with Crippen molar-refractivity contribution in [3.63, 3.8) is 0 Å². The van der Waals surface area contributed by atoms with Crippen LogP contribution in [0.1, 0.15) is 41.9 Å². The van der Waals surface area contributed by atoms with Gasteiger partial charge in [0.15, 0.2) is 11.6 Å². The average molecular weight is 383 g/mol. The molecule has 0 saturated carbocycles. The minimum absolute atomic E-state index is 0.135. The van der Waals surface area contributed by atoms with Crippen molar-refractivity contribution in [1.29, 1.82) is 0 Å². The van der Waals surface area contributed by atoms with Crippen LogP contribution in [-0.4, -0.2) is 43.7 Å². The molecular weight excluding hydrogens is 362 g/mol. The van der Waals surface area contributed by atoms with Crippen LogP contribution in [0.3, 0.4) is 0 Å². The van der Waals surface area contributed by atoms with Gasteiger partial charge in [0.2, 0.25) is 0 Å². The van der Waals surface area contributed by atoms with E-state index >= 15 is 0 Å². The number of aromatic hydroxyl groups is 1. The summed E-state index contributed by atoms with van der Waals surface area (Å²) in [5.74, 6) is 0.245. The molecule has 28 heavy (non-hydrogen) atoms. The third kappa shape index (κ3) is 3.65. The van der Waals surface area contributed by atoms with E-state index in [0.29, 0.717) is 37.4 Å². The number of benzene rings is 1. The number of hydrogen-bond donors (Lipinski definition) is 2. The maximum absolute atomic E-state index is 12.6. The van der Waals surface area contributed by atoms with Gasteiger partial charge in [-0.2, -0.15) is 0 Å². The van der Waals surface area contributed by atoms with Crippen LogP contribution < -0.4 is 5.56 Å². The van der Waals surface area contributed by atoms with E-state index in [1.54, 1.807) is 6.07 Å². The van der Waals surface area contributed by atoms with Crippen molar-refractivity contribution >= 4 is 11.4 Å². The largest absolute Gasteiger partial charge is 0.502 e. The number of phenolic OH excluding ortho intramolecular Hbond substituents is 1. The third-order valence-electron chi connectivity index (χ3n) is 5.19. The van der Waals surface area contributed by atoms with Gasteiger partial charge in [-0.05, 0) is 30.9 Å². The highest BCUT2D eigenvalue weighted by Gasteiger charge is 2.23. The molecule has 2 N–H and O–H groups in total. The molecule has 3 heterocycles. The van der Waals surface area contributed by atoms with E-state index in [1.807, 2.05) is 0 Å². The number of aromatic amines is 1. The summed E-state index contributed by atoms with van der Waals surface area (Å²) in [4.78, 5) is 36.9. The van der Waals surface area contributed by atoms with Crippen molar-refractivity contribution in [1.82, 2.24) is 14.9 Å². The lowest BCUT2D eigenvalue weighted by Crippen LogP contribution is -2.36. The topological polar surface area (TPSA) is 125 Å². The highest BCUT2D eigenvalue weighted by atomic mass is 16.6. The Labute approximate surface area is 160 Å². The van der Waals surface area contributed by atoms with E-state index < -0.39 is 4.92 Å². The Morgan fingerprint density at radius 3 is 2.86 bits per heavy atom. The molecule has 1 aromatic heterocycles. The zero-order valence-electron chi connectivity index (χ0n) is 15.3. The van der Waals surface area contributed by atoms with Gasteiger partial charge in [-0.25, -0.2) is 4.98 Å². The number of nitrogens with one attached hydrogen (secondary N) is 1. The van der Waals surface area contributed by atoms with Gasteiger partial charge < -0.3 is 10.1 Å². The Morgan fingerprint density at radius 2 is 2.14 bits per heavy atom. The highest BCUT2D eigenvalue weighted by molar-refractivity contribution is 5.97. The Morgan fingerprint density at radius 1 is 1.29 bits per heavy atom. The van der Waals surface area contributed by atoms with E-state index in [0.717, 1.165) is 42.8 Å². The van der Waals surface area contributed by atoms with Crippen molar-refractivity contribution in [2.24, 2.45) is 4.99 Å². The molecule has 0 fully saturated rings. The zero-order chi connectivity index (χ0) is 19.7. The fraction of sp³-hybridized carbons (Fsp3) is 0.421. The molecule has 0 saturated heterocycles. The third-order valence-corrected chi connectivity index (χ3v) is 5.19. The molecule has 0 spiro atoms. The Hall–Kier alpha value is -3.07. The summed E-state index contributed by atoms with van der Waals surface area (Å²) in [5.41, 5.74) is 2.66. The first kappa shape index (κ1) is 18.3. The average Bonchev–Trinajstić information content (AvgIpc) is 2.69. The minimum Gasteiger partial charge on any atom is -0.502 e. The smallest absolute Gasteiger partial charge is 0.310 e. The summed E-state index contributed by atoms with van der Waals surface area (Å²) in [7, 11) is 0. The van der Waals surface area contributed by atoms with Crippen LogP contribution >= 0.6 is 0 Å². The lowest BCUT2D eigenvalue weighted by molar-refractivity contribution is -0.385. The first-order valence-electron chi connectivity index (χ1n) is 9.35. The SMILES string of the molecule is O=c1[nH]c(C2=NCCCC2)nc2c1CN(Cc1ccc([N+](=O)[O-])c(O)c1)CC2. The van der Waals surface area contributed by atoms with Crippen molar-refractivity contribution < 1.29 is 10.0 Å². The lowest BCUT2D eigenvalue weighted by Gasteiger charge is -2.28. The van der Waals surface area contributed by atoms with Gasteiger partial charge in [0.25, 0.3) is 5.56 Å². The van der Waals surface area contributed by atoms with E-state index in [-0.39, 0.29) is 17.0 Å². The van der Waals surface area contributed by atoms with Crippen molar-refractivity contribution in [2.75, 3.05) is 13.1 Å². The number of nitro benzene ring substituents is 1. The van der Waals surface area contributed by atoms with E-state index in [1.165, 1.54) is 12.1 Å². The van der Waals surface area contributed by atoms with Gasteiger partial charge >= 0.3 is 5.69 Å². The second-order valence-corrected chi connectivity index (χ2v) is 7.17. The second-order valence-electron chi connectivity index (χ2n) is 7.17. The fourth-order valence-electron chi connectivity index (χ4n) is 3.72. The monoisotopic (exact) mass is 383 g/mol. The van der Waals surface area contributed by atoms with Crippen LogP contribution in [0.2, 0.25) is 0 Å². The summed E-state index contributed by atoms with van der Waals surface area (Å²) >= 11 is 0. The Bertz CT molecular complexity index is 1010. The van der Waals surface area contributed by atoms with Crippen LogP contribution in [-0.2, 0) is 19.5 Å². The van der Waals surface area contributed by atoms with E-state index in [4.69, 9.17) is 0 Å². The zero-order valence-corrected chi connectivity index (χ0v) is 15.3. The number of aliphatic imine (C=N–C) groups is 1. The number of fused-ring (bicyclic) bond motifs is 1. The van der Waals surface area contributed by atoms with Crippen LogP contribution in [0.25, 0.3) is 0 Å². The number of nitrogens with zero attached hydrogens (tertiary/aromatic N) is 4. The predicted octanol–water partition coefficient (Wildman–Crippen LogP) is 1.92. The van der Waals surface area contributed by atoms with E-state index in [2.05, 4.69) is 19.9 Å². The summed E-state index contributed by atoms with van der Waals surface area (Å²) < 4.78 is 0. The molecule has 9 heteroatoms. The molecule has 2 aromatic rings. The molecule has 9 nitrogen and oxygen atoms in total. The first-order chi connectivity index (χ1) is 13.5.